The number of benzene rings is 1. The summed E-state index contributed by atoms with van der Waals surface area (Å²) >= 11 is 1.17. The maximum absolute atomic E-state index is 12.0. The van der Waals surface area contributed by atoms with Crippen molar-refractivity contribution in [2.24, 2.45) is 0 Å². The van der Waals surface area contributed by atoms with E-state index in [-0.39, 0.29) is 17.9 Å². The number of nitrogens with one attached hydrogen (secondary N) is 1. The molecule has 0 aliphatic rings. The van der Waals surface area contributed by atoms with E-state index in [2.05, 4.69) is 14.1 Å². The number of hydrogen-bond donors (Lipinski definition) is 1. The number of nitrogens with zero attached hydrogens (tertiary/aromatic N) is 3. The summed E-state index contributed by atoms with van der Waals surface area (Å²) < 4.78 is 9.93. The van der Waals surface area contributed by atoms with Crippen LogP contribution in [0.1, 0.15) is 17.7 Å². The standard InChI is InChI=1S/C16H16N4O2S/c1-11-3-2-4-16(22)20(11)8-7-15(21)17-10-12-5-6-13-14(9-12)19-23-18-13/h2-6,9H,7-8,10H2,1H3,(H,17,21). The van der Waals surface area contributed by atoms with Crippen molar-refractivity contribution < 1.29 is 4.79 Å². The summed E-state index contributed by atoms with van der Waals surface area (Å²) in [6.45, 7) is 2.68. The summed E-state index contributed by atoms with van der Waals surface area (Å²) in [7, 11) is 0. The van der Waals surface area contributed by atoms with Crippen LogP contribution in [-0.4, -0.2) is 19.2 Å². The fraction of sp³-hybridized carbons (Fsp3) is 0.250. The number of aromatic nitrogens is 3. The molecule has 0 aliphatic heterocycles. The molecule has 1 aromatic carbocycles. The largest absolute Gasteiger partial charge is 0.352 e. The van der Waals surface area contributed by atoms with Crippen LogP contribution >= 0.6 is 11.7 Å². The normalized spacial score (nSPS) is 10.8. The molecule has 7 heteroatoms. The fourth-order valence-electron chi connectivity index (χ4n) is 2.35. The lowest BCUT2D eigenvalue weighted by molar-refractivity contribution is -0.121. The fourth-order valence-corrected chi connectivity index (χ4v) is 2.87. The molecule has 1 amide bonds. The average molecular weight is 328 g/mol. The van der Waals surface area contributed by atoms with Gasteiger partial charge in [-0.1, -0.05) is 12.1 Å². The molecule has 0 bridgehead atoms. The van der Waals surface area contributed by atoms with Crippen molar-refractivity contribution in [3.63, 3.8) is 0 Å². The lowest BCUT2D eigenvalue weighted by Crippen LogP contribution is -2.27. The molecule has 0 saturated carbocycles. The van der Waals surface area contributed by atoms with Crippen LogP contribution < -0.4 is 10.9 Å². The molecule has 0 spiro atoms. The average Bonchev–Trinajstić information content (AvgIpc) is 3.00. The van der Waals surface area contributed by atoms with Crippen molar-refractivity contribution in [1.82, 2.24) is 18.6 Å². The third kappa shape index (κ3) is 3.62. The minimum Gasteiger partial charge on any atom is -0.352 e. The summed E-state index contributed by atoms with van der Waals surface area (Å²) in [6, 6.07) is 10.8. The highest BCUT2D eigenvalue weighted by Crippen LogP contribution is 2.13. The second-order valence-electron chi connectivity index (χ2n) is 5.27. The summed E-state index contributed by atoms with van der Waals surface area (Å²) in [6.07, 6.45) is 0.269. The van der Waals surface area contributed by atoms with Crippen LogP contribution in [0.25, 0.3) is 11.0 Å². The van der Waals surface area contributed by atoms with Gasteiger partial charge in [-0.15, -0.1) is 0 Å². The molecule has 3 aromatic rings. The molecule has 0 atom stereocenters. The number of carbonyl (C=O) groups is 1. The highest BCUT2D eigenvalue weighted by Gasteiger charge is 2.06. The van der Waals surface area contributed by atoms with Gasteiger partial charge in [-0.2, -0.15) is 8.75 Å². The molecule has 0 radical (unpaired) electrons. The van der Waals surface area contributed by atoms with Crippen molar-refractivity contribution in [3.8, 4) is 0 Å². The van der Waals surface area contributed by atoms with E-state index in [1.165, 1.54) is 17.8 Å². The number of hydrogen-bond acceptors (Lipinski definition) is 5. The number of rotatable bonds is 5. The van der Waals surface area contributed by atoms with E-state index >= 15 is 0 Å². The van der Waals surface area contributed by atoms with Crippen LogP contribution in [-0.2, 0) is 17.9 Å². The molecule has 1 N–H and O–H groups in total. The number of pyridine rings is 1. The monoisotopic (exact) mass is 328 g/mol. The molecule has 0 saturated heterocycles. The molecule has 0 fully saturated rings. The summed E-state index contributed by atoms with van der Waals surface area (Å²) in [4.78, 5) is 23.7. The zero-order valence-corrected chi connectivity index (χ0v) is 13.5. The maximum atomic E-state index is 12.0. The molecule has 0 unspecified atom stereocenters. The van der Waals surface area contributed by atoms with Gasteiger partial charge in [0.1, 0.15) is 11.0 Å². The number of fused-ring (bicyclic) bond motifs is 1. The smallest absolute Gasteiger partial charge is 0.250 e. The Kier molecular flexibility index (Phi) is 4.47. The number of aryl methyl sites for hydroxylation is 1. The molecule has 6 nitrogen and oxygen atoms in total. The maximum Gasteiger partial charge on any atom is 0.250 e. The first-order valence-electron chi connectivity index (χ1n) is 7.28. The Morgan fingerprint density at radius 1 is 1.22 bits per heavy atom. The predicted octanol–water partition coefficient (Wildman–Crippen LogP) is 1.87. The Bertz CT molecular complexity index is 900. The lowest BCUT2D eigenvalue weighted by atomic mass is 10.2. The van der Waals surface area contributed by atoms with Crippen molar-refractivity contribution in [3.05, 3.63) is 58.0 Å². The van der Waals surface area contributed by atoms with Gasteiger partial charge < -0.3 is 9.88 Å². The van der Waals surface area contributed by atoms with Crippen molar-refractivity contribution in [2.75, 3.05) is 0 Å². The van der Waals surface area contributed by atoms with E-state index in [4.69, 9.17) is 0 Å². The topological polar surface area (TPSA) is 76.9 Å². The first-order chi connectivity index (χ1) is 11.1. The van der Waals surface area contributed by atoms with Gasteiger partial charge in [0.05, 0.1) is 11.7 Å². The first kappa shape index (κ1) is 15.4. The minimum atomic E-state index is -0.0864. The van der Waals surface area contributed by atoms with Crippen molar-refractivity contribution >= 4 is 28.7 Å². The van der Waals surface area contributed by atoms with Gasteiger partial charge in [-0.3, -0.25) is 9.59 Å². The zero-order valence-electron chi connectivity index (χ0n) is 12.7. The molecule has 23 heavy (non-hydrogen) atoms. The van der Waals surface area contributed by atoms with Gasteiger partial charge >= 0.3 is 0 Å². The minimum absolute atomic E-state index is 0.0840. The Morgan fingerprint density at radius 3 is 2.87 bits per heavy atom. The van der Waals surface area contributed by atoms with Crippen LogP contribution in [0.15, 0.2) is 41.2 Å². The SMILES string of the molecule is Cc1cccc(=O)n1CCC(=O)NCc1ccc2nsnc2c1. The van der Waals surface area contributed by atoms with E-state index in [1.807, 2.05) is 31.2 Å². The van der Waals surface area contributed by atoms with Gasteiger partial charge in [-0.25, -0.2) is 0 Å². The zero-order chi connectivity index (χ0) is 16.2. The number of amides is 1. The van der Waals surface area contributed by atoms with Crippen LogP contribution in [0.3, 0.4) is 0 Å². The molecule has 2 aromatic heterocycles. The van der Waals surface area contributed by atoms with Crippen molar-refractivity contribution in [2.45, 2.75) is 26.4 Å². The molecule has 0 aliphatic carbocycles. The first-order valence-corrected chi connectivity index (χ1v) is 8.01. The van der Waals surface area contributed by atoms with Crippen LogP contribution in [0.2, 0.25) is 0 Å². The summed E-state index contributed by atoms with van der Waals surface area (Å²) in [5, 5.41) is 2.87. The number of carbonyl (C=O) groups excluding carboxylic acids is 1. The lowest BCUT2D eigenvalue weighted by Gasteiger charge is -2.09. The predicted molar refractivity (Wildman–Crippen MR) is 89.3 cm³/mol. The quantitative estimate of drug-likeness (QED) is 0.776. The van der Waals surface area contributed by atoms with E-state index < -0.39 is 0 Å². The van der Waals surface area contributed by atoms with Gasteiger partial charge in [0.15, 0.2) is 0 Å². The summed E-state index contributed by atoms with van der Waals surface area (Å²) in [5.41, 5.74) is 3.45. The highest BCUT2D eigenvalue weighted by molar-refractivity contribution is 7.00. The Balaban J connectivity index is 1.56. The Hall–Kier alpha value is -2.54. The second kappa shape index (κ2) is 6.70. The van der Waals surface area contributed by atoms with Crippen LogP contribution in [0.5, 0.6) is 0 Å². The highest BCUT2D eigenvalue weighted by atomic mass is 32.1. The molecule has 118 valence electrons. The van der Waals surface area contributed by atoms with Gasteiger partial charge in [0.2, 0.25) is 5.91 Å². The third-order valence-corrected chi connectivity index (χ3v) is 4.20. The Labute approximate surface area is 137 Å². The van der Waals surface area contributed by atoms with Gasteiger partial charge in [0, 0.05) is 31.3 Å². The van der Waals surface area contributed by atoms with Crippen LogP contribution in [0.4, 0.5) is 0 Å². The molecule has 2 heterocycles. The van der Waals surface area contributed by atoms with Crippen molar-refractivity contribution in [1.29, 1.82) is 0 Å². The van der Waals surface area contributed by atoms with Gasteiger partial charge in [0.25, 0.3) is 5.56 Å². The van der Waals surface area contributed by atoms with Gasteiger partial charge in [-0.05, 0) is 30.7 Å². The van der Waals surface area contributed by atoms with E-state index in [0.717, 1.165) is 22.3 Å². The molecular weight excluding hydrogens is 312 g/mol. The van der Waals surface area contributed by atoms with E-state index in [1.54, 1.807) is 10.6 Å². The third-order valence-electron chi connectivity index (χ3n) is 3.64. The Morgan fingerprint density at radius 2 is 2.04 bits per heavy atom. The van der Waals surface area contributed by atoms with E-state index in [0.29, 0.717) is 13.1 Å². The summed E-state index contributed by atoms with van der Waals surface area (Å²) in [5.74, 6) is -0.0864. The second-order valence-corrected chi connectivity index (χ2v) is 5.80. The van der Waals surface area contributed by atoms with E-state index in [9.17, 15) is 9.59 Å². The molecule has 3 rings (SSSR count). The molecular formula is C16H16N4O2S. The van der Waals surface area contributed by atoms with Crippen LogP contribution in [0, 0.1) is 6.92 Å².